The molecule has 0 saturated carbocycles. The molecule has 3 rings (SSSR count). The topological polar surface area (TPSA) is 97.4 Å². The summed E-state index contributed by atoms with van der Waals surface area (Å²) in [5.74, 6) is -1.69. The highest BCUT2D eigenvalue weighted by atomic mass is 16.6. The van der Waals surface area contributed by atoms with Crippen molar-refractivity contribution < 1.29 is 38.1 Å². The molecule has 0 radical (unpaired) electrons. The molecule has 220 valence electrons. The average molecular weight is 573 g/mol. The molecule has 0 N–H and O–H groups in total. The zero-order valence-corrected chi connectivity index (χ0v) is 24.4. The fourth-order valence-corrected chi connectivity index (χ4v) is 3.90. The fraction of sp³-hybridized carbons (Fsp3) is 0.265. The van der Waals surface area contributed by atoms with E-state index in [2.05, 4.69) is 13.5 Å². The summed E-state index contributed by atoms with van der Waals surface area (Å²) in [6.45, 7) is 7.76. The third-order valence-electron chi connectivity index (χ3n) is 6.12. The van der Waals surface area contributed by atoms with Crippen molar-refractivity contribution in [3.63, 3.8) is 0 Å². The molecule has 8 nitrogen and oxygen atoms in total. The van der Waals surface area contributed by atoms with Crippen molar-refractivity contribution in [3.8, 4) is 28.4 Å². The summed E-state index contributed by atoms with van der Waals surface area (Å²) >= 11 is 0. The lowest BCUT2D eigenvalue weighted by Crippen LogP contribution is -2.21. The Balaban J connectivity index is 1.82. The number of rotatable bonds is 14. The van der Waals surface area contributed by atoms with Crippen molar-refractivity contribution in [1.82, 2.24) is 0 Å². The lowest BCUT2D eigenvalue weighted by Gasteiger charge is -2.13. The van der Waals surface area contributed by atoms with E-state index in [0.717, 1.165) is 24.0 Å². The van der Waals surface area contributed by atoms with Crippen molar-refractivity contribution in [2.75, 3.05) is 27.4 Å². The van der Waals surface area contributed by atoms with Gasteiger partial charge in [0.15, 0.2) is 11.5 Å². The van der Waals surface area contributed by atoms with Crippen molar-refractivity contribution >= 4 is 24.0 Å². The number of benzene rings is 3. The molecule has 0 aliphatic heterocycles. The van der Waals surface area contributed by atoms with E-state index in [1.54, 1.807) is 49.4 Å². The molecule has 42 heavy (non-hydrogen) atoms. The standard InChI is InChI=1S/C34H36O8/c1-6-7-25-8-10-26(11-9-25)12-19-32(35)41-31-20-28(15-18-30(31)42-34(37)24(3)22-39-5)27-13-16-29(17-14-27)40-33(36)23(2)21-38-4/h8-20,23H,3,6-7,21-22H2,1-2,4-5H3/b19-12+/t23-/m0/s1. The van der Waals surface area contributed by atoms with Crippen LogP contribution in [0.1, 0.15) is 31.4 Å². The molecule has 0 spiro atoms. The molecule has 3 aromatic rings. The number of aryl methyl sites for hydroxylation is 1. The van der Waals surface area contributed by atoms with Crippen LogP contribution >= 0.6 is 0 Å². The highest BCUT2D eigenvalue weighted by molar-refractivity contribution is 5.92. The predicted octanol–water partition coefficient (Wildman–Crippen LogP) is 6.22. The highest BCUT2D eigenvalue weighted by Crippen LogP contribution is 2.34. The van der Waals surface area contributed by atoms with Gasteiger partial charge in [-0.15, -0.1) is 0 Å². The van der Waals surface area contributed by atoms with Gasteiger partial charge in [-0.25, -0.2) is 9.59 Å². The molecule has 0 aromatic heterocycles. The zero-order chi connectivity index (χ0) is 30.5. The minimum atomic E-state index is -0.710. The molecule has 0 amide bonds. The third-order valence-corrected chi connectivity index (χ3v) is 6.12. The SMILES string of the molecule is C=C(COC)C(=O)Oc1ccc(-c2ccc(OC(=O)[C@@H](C)COC)cc2)cc1OC(=O)/C=C/c1ccc(CCC)cc1. The van der Waals surface area contributed by atoms with Crippen molar-refractivity contribution in [2.45, 2.75) is 26.7 Å². The summed E-state index contributed by atoms with van der Waals surface area (Å²) in [5, 5.41) is 0. The van der Waals surface area contributed by atoms with E-state index in [0.29, 0.717) is 11.3 Å². The summed E-state index contributed by atoms with van der Waals surface area (Å²) in [4.78, 5) is 37.5. The first-order valence-corrected chi connectivity index (χ1v) is 13.6. The number of esters is 3. The van der Waals surface area contributed by atoms with Crippen molar-refractivity contribution in [2.24, 2.45) is 5.92 Å². The monoisotopic (exact) mass is 572 g/mol. The van der Waals surface area contributed by atoms with E-state index in [4.69, 9.17) is 23.7 Å². The Bertz CT molecular complexity index is 1400. The van der Waals surface area contributed by atoms with Crippen LogP contribution in [0.5, 0.6) is 17.2 Å². The minimum Gasteiger partial charge on any atom is -0.426 e. The molecule has 0 bridgehead atoms. The average Bonchev–Trinajstić information content (AvgIpc) is 2.98. The van der Waals surface area contributed by atoms with Gasteiger partial charge in [-0.1, -0.05) is 62.4 Å². The smallest absolute Gasteiger partial charge is 0.341 e. The lowest BCUT2D eigenvalue weighted by atomic mass is 10.0. The molecule has 0 fully saturated rings. The van der Waals surface area contributed by atoms with Gasteiger partial charge in [0.25, 0.3) is 0 Å². The number of carbonyl (C=O) groups is 3. The Morgan fingerprint density at radius 1 is 0.833 bits per heavy atom. The van der Waals surface area contributed by atoms with E-state index in [1.807, 2.05) is 24.3 Å². The van der Waals surface area contributed by atoms with E-state index in [-0.39, 0.29) is 30.3 Å². The van der Waals surface area contributed by atoms with Gasteiger partial charge < -0.3 is 23.7 Å². The molecule has 8 heteroatoms. The Morgan fingerprint density at radius 2 is 1.52 bits per heavy atom. The molecule has 0 unspecified atom stereocenters. The van der Waals surface area contributed by atoms with E-state index < -0.39 is 23.8 Å². The second-order valence-electron chi connectivity index (χ2n) is 9.64. The van der Waals surface area contributed by atoms with E-state index in [9.17, 15) is 14.4 Å². The van der Waals surface area contributed by atoms with Crippen LogP contribution in [0.2, 0.25) is 0 Å². The minimum absolute atomic E-state index is 0.00695. The number of hydrogen-bond acceptors (Lipinski definition) is 8. The van der Waals surface area contributed by atoms with Gasteiger partial charge in [-0.3, -0.25) is 4.79 Å². The number of carbonyl (C=O) groups excluding carboxylic acids is 3. The lowest BCUT2D eigenvalue weighted by molar-refractivity contribution is -0.140. The predicted molar refractivity (Wildman–Crippen MR) is 160 cm³/mol. The van der Waals surface area contributed by atoms with Gasteiger partial charge in [0, 0.05) is 20.3 Å². The van der Waals surface area contributed by atoms with E-state index >= 15 is 0 Å². The summed E-state index contributed by atoms with van der Waals surface area (Å²) in [7, 11) is 2.96. The maximum absolute atomic E-state index is 12.8. The van der Waals surface area contributed by atoms with Crippen LogP contribution in [-0.4, -0.2) is 45.3 Å². The van der Waals surface area contributed by atoms with Gasteiger partial charge in [0.05, 0.1) is 24.7 Å². The number of hydrogen-bond donors (Lipinski definition) is 0. The first-order valence-electron chi connectivity index (χ1n) is 13.6. The summed E-state index contributed by atoms with van der Waals surface area (Å²) in [6, 6.07) is 19.6. The Kier molecular flexibility index (Phi) is 12.2. The molecule has 0 aliphatic carbocycles. The van der Waals surface area contributed by atoms with Crippen LogP contribution in [0.25, 0.3) is 17.2 Å². The molecule has 1 atom stereocenters. The van der Waals surface area contributed by atoms with Crippen LogP contribution in [-0.2, 0) is 30.3 Å². The third kappa shape index (κ3) is 9.54. The van der Waals surface area contributed by atoms with Crippen LogP contribution in [0.3, 0.4) is 0 Å². The van der Waals surface area contributed by atoms with Crippen molar-refractivity contribution in [3.05, 3.63) is 96.1 Å². The maximum Gasteiger partial charge on any atom is 0.341 e. The van der Waals surface area contributed by atoms with Crippen LogP contribution in [0.4, 0.5) is 0 Å². The summed E-state index contributed by atoms with van der Waals surface area (Å²) in [6.07, 6.45) is 5.01. The molecule has 0 saturated heterocycles. The van der Waals surface area contributed by atoms with Gasteiger partial charge >= 0.3 is 17.9 Å². The summed E-state index contributed by atoms with van der Waals surface area (Å²) in [5.41, 5.74) is 3.61. The second-order valence-corrected chi connectivity index (χ2v) is 9.64. The first-order chi connectivity index (χ1) is 20.2. The Hall–Kier alpha value is -4.53. The largest absolute Gasteiger partial charge is 0.426 e. The highest BCUT2D eigenvalue weighted by Gasteiger charge is 2.18. The normalized spacial score (nSPS) is 11.6. The van der Waals surface area contributed by atoms with Crippen LogP contribution < -0.4 is 14.2 Å². The molecule has 0 aliphatic rings. The first kappa shape index (κ1) is 32.0. The molecule has 0 heterocycles. The molecular weight excluding hydrogens is 536 g/mol. The maximum atomic E-state index is 12.8. The quantitative estimate of drug-likeness (QED) is 0.128. The Morgan fingerprint density at radius 3 is 2.17 bits per heavy atom. The van der Waals surface area contributed by atoms with Gasteiger partial charge in [0.2, 0.25) is 0 Å². The van der Waals surface area contributed by atoms with Crippen LogP contribution in [0.15, 0.2) is 85.0 Å². The molecular formula is C34H36O8. The second kappa shape index (κ2) is 16.0. The van der Waals surface area contributed by atoms with Gasteiger partial charge in [-0.05, 0) is 65.9 Å². The van der Waals surface area contributed by atoms with Crippen LogP contribution in [0, 0.1) is 5.92 Å². The Labute approximate surface area is 246 Å². The molecule has 3 aromatic carbocycles. The zero-order valence-electron chi connectivity index (χ0n) is 24.4. The fourth-order valence-electron chi connectivity index (χ4n) is 3.90. The van der Waals surface area contributed by atoms with Crippen molar-refractivity contribution in [1.29, 1.82) is 0 Å². The van der Waals surface area contributed by atoms with Gasteiger partial charge in [-0.2, -0.15) is 0 Å². The number of methoxy groups -OCH3 is 2. The summed E-state index contributed by atoms with van der Waals surface area (Å²) < 4.78 is 26.5. The van der Waals surface area contributed by atoms with E-state index in [1.165, 1.54) is 31.9 Å². The van der Waals surface area contributed by atoms with Gasteiger partial charge in [0.1, 0.15) is 5.75 Å². The number of ether oxygens (including phenoxy) is 5.